The lowest BCUT2D eigenvalue weighted by atomic mass is 10.1. The van der Waals surface area contributed by atoms with Gasteiger partial charge in [-0.2, -0.15) is 0 Å². The summed E-state index contributed by atoms with van der Waals surface area (Å²) in [6.45, 7) is 7.30. The zero-order valence-electron chi connectivity index (χ0n) is 18.5. The topological polar surface area (TPSA) is 74.6 Å². The van der Waals surface area contributed by atoms with Gasteiger partial charge in [0.2, 0.25) is 5.75 Å². The van der Waals surface area contributed by atoms with Crippen LogP contribution in [0.1, 0.15) is 29.5 Å². The second-order valence-electron chi connectivity index (χ2n) is 7.33. The van der Waals surface area contributed by atoms with Crippen LogP contribution in [0.2, 0.25) is 0 Å². The maximum Gasteiger partial charge on any atom is 0.251 e. The molecule has 0 saturated carbocycles. The molecule has 0 fully saturated rings. The Labute approximate surface area is 182 Å². The van der Waals surface area contributed by atoms with Crippen LogP contribution in [-0.4, -0.2) is 43.3 Å². The number of nitrogens with one attached hydrogen (secondary N) is 1. The van der Waals surface area contributed by atoms with Crippen molar-refractivity contribution in [1.82, 2.24) is 14.9 Å². The monoisotopic (exact) mass is 423 g/mol. The quantitative estimate of drug-likeness (QED) is 0.394. The van der Waals surface area contributed by atoms with Crippen molar-refractivity contribution in [3.8, 4) is 17.2 Å². The van der Waals surface area contributed by atoms with E-state index in [0.717, 1.165) is 41.8 Å². The van der Waals surface area contributed by atoms with Gasteiger partial charge in [-0.3, -0.25) is 4.79 Å². The number of aromatic nitrogens is 2. The Kier molecular flexibility index (Phi) is 7.18. The summed E-state index contributed by atoms with van der Waals surface area (Å²) >= 11 is 0. The minimum atomic E-state index is -0.199. The van der Waals surface area contributed by atoms with E-state index in [-0.39, 0.29) is 5.91 Å². The van der Waals surface area contributed by atoms with Gasteiger partial charge in [-0.1, -0.05) is 24.3 Å². The molecule has 0 aliphatic heterocycles. The fourth-order valence-electron chi connectivity index (χ4n) is 3.53. The molecule has 3 aromatic rings. The van der Waals surface area contributed by atoms with E-state index in [2.05, 4.69) is 22.5 Å². The number of imidazole rings is 1. The van der Waals surface area contributed by atoms with Crippen LogP contribution >= 0.6 is 0 Å². The maximum atomic E-state index is 12.6. The molecule has 1 N–H and O–H groups in total. The molecular formula is C24H29N3O4. The molecule has 1 heterocycles. The number of carbonyl (C=O) groups excluding carboxylic acids is 1. The number of hydrogen-bond donors (Lipinski definition) is 1. The van der Waals surface area contributed by atoms with Crippen molar-refractivity contribution in [3.05, 3.63) is 59.9 Å². The molecule has 164 valence electrons. The first-order valence-corrected chi connectivity index (χ1v) is 10.1. The van der Waals surface area contributed by atoms with Gasteiger partial charge in [0.25, 0.3) is 5.91 Å². The third-order valence-electron chi connectivity index (χ3n) is 4.95. The van der Waals surface area contributed by atoms with Crippen LogP contribution in [0.25, 0.3) is 11.0 Å². The molecule has 0 unspecified atom stereocenters. The molecule has 0 saturated heterocycles. The van der Waals surface area contributed by atoms with Gasteiger partial charge in [0.15, 0.2) is 11.5 Å². The summed E-state index contributed by atoms with van der Waals surface area (Å²) in [4.78, 5) is 17.4. The number of fused-ring (bicyclic) bond motifs is 1. The zero-order valence-corrected chi connectivity index (χ0v) is 18.5. The fourth-order valence-corrected chi connectivity index (χ4v) is 3.53. The third-order valence-corrected chi connectivity index (χ3v) is 4.95. The predicted molar refractivity (Wildman–Crippen MR) is 121 cm³/mol. The van der Waals surface area contributed by atoms with Crippen molar-refractivity contribution in [2.75, 3.05) is 27.9 Å². The van der Waals surface area contributed by atoms with Crippen molar-refractivity contribution < 1.29 is 19.0 Å². The third kappa shape index (κ3) is 4.99. The minimum Gasteiger partial charge on any atom is -0.493 e. The number of ether oxygens (including phenoxy) is 3. The molecule has 7 heteroatoms. The summed E-state index contributed by atoms with van der Waals surface area (Å²) in [7, 11) is 4.58. The van der Waals surface area contributed by atoms with Gasteiger partial charge in [-0.05, 0) is 37.6 Å². The van der Waals surface area contributed by atoms with Crippen LogP contribution in [0.4, 0.5) is 0 Å². The van der Waals surface area contributed by atoms with Crippen molar-refractivity contribution in [2.24, 2.45) is 0 Å². The Morgan fingerprint density at radius 1 is 1.10 bits per heavy atom. The number of benzene rings is 2. The lowest BCUT2D eigenvalue weighted by Crippen LogP contribution is -2.25. The van der Waals surface area contributed by atoms with E-state index in [9.17, 15) is 4.79 Å². The summed E-state index contributed by atoms with van der Waals surface area (Å²) in [6, 6.07) is 11.4. The van der Waals surface area contributed by atoms with Gasteiger partial charge < -0.3 is 24.1 Å². The summed E-state index contributed by atoms with van der Waals surface area (Å²) in [6.07, 6.45) is 1.51. The first kappa shape index (κ1) is 22.2. The average molecular weight is 424 g/mol. The van der Waals surface area contributed by atoms with Crippen LogP contribution in [0.5, 0.6) is 17.2 Å². The minimum absolute atomic E-state index is 0.199. The van der Waals surface area contributed by atoms with E-state index in [1.54, 1.807) is 12.1 Å². The highest BCUT2D eigenvalue weighted by Gasteiger charge is 2.17. The van der Waals surface area contributed by atoms with E-state index in [1.165, 1.54) is 21.3 Å². The van der Waals surface area contributed by atoms with Gasteiger partial charge >= 0.3 is 0 Å². The van der Waals surface area contributed by atoms with Crippen LogP contribution < -0.4 is 19.5 Å². The normalized spacial score (nSPS) is 10.7. The molecule has 1 aromatic heterocycles. The highest BCUT2D eigenvalue weighted by atomic mass is 16.5. The molecule has 0 radical (unpaired) electrons. The lowest BCUT2D eigenvalue weighted by molar-refractivity contribution is 0.0952. The number of rotatable bonds is 10. The molecular weight excluding hydrogens is 394 g/mol. The molecule has 0 bridgehead atoms. The number of hydrogen-bond acceptors (Lipinski definition) is 5. The van der Waals surface area contributed by atoms with Crippen LogP contribution in [0.15, 0.2) is 48.6 Å². The zero-order chi connectivity index (χ0) is 22.4. The molecule has 3 rings (SSSR count). The largest absolute Gasteiger partial charge is 0.493 e. The van der Waals surface area contributed by atoms with Gasteiger partial charge in [-0.25, -0.2) is 4.98 Å². The molecule has 31 heavy (non-hydrogen) atoms. The van der Waals surface area contributed by atoms with E-state index in [4.69, 9.17) is 19.2 Å². The molecule has 0 aliphatic carbocycles. The Bertz CT molecular complexity index is 1060. The molecule has 7 nitrogen and oxygen atoms in total. The number of methoxy groups -OCH3 is 3. The van der Waals surface area contributed by atoms with Crippen molar-refractivity contribution >= 4 is 16.9 Å². The maximum absolute atomic E-state index is 12.6. The Hall–Kier alpha value is -3.48. The SMILES string of the molecule is C=C(C)Cn1c(CCCNC(=O)c2cc(OC)c(OC)c(OC)c2)nc2ccccc21. The van der Waals surface area contributed by atoms with Crippen molar-refractivity contribution in [3.63, 3.8) is 0 Å². The van der Waals surface area contributed by atoms with E-state index >= 15 is 0 Å². The molecule has 0 aliphatic rings. The second kappa shape index (κ2) is 10.0. The lowest BCUT2D eigenvalue weighted by Gasteiger charge is -2.14. The molecule has 0 atom stereocenters. The molecule has 0 spiro atoms. The fraction of sp³-hybridized carbons (Fsp3) is 0.333. The Morgan fingerprint density at radius 3 is 2.39 bits per heavy atom. The van der Waals surface area contributed by atoms with Gasteiger partial charge in [-0.15, -0.1) is 0 Å². The number of amides is 1. The highest BCUT2D eigenvalue weighted by molar-refractivity contribution is 5.95. The summed E-state index contributed by atoms with van der Waals surface area (Å²) in [5.74, 6) is 2.14. The van der Waals surface area contributed by atoms with Crippen LogP contribution in [0.3, 0.4) is 0 Å². The van der Waals surface area contributed by atoms with Crippen LogP contribution in [0, 0.1) is 0 Å². The average Bonchev–Trinajstić information content (AvgIpc) is 3.12. The summed E-state index contributed by atoms with van der Waals surface area (Å²) in [5.41, 5.74) is 3.59. The number of aryl methyl sites for hydroxylation is 1. The number of para-hydroxylation sites is 2. The van der Waals surface area contributed by atoms with Crippen LogP contribution in [-0.2, 0) is 13.0 Å². The van der Waals surface area contributed by atoms with E-state index in [1.807, 2.05) is 25.1 Å². The Morgan fingerprint density at radius 2 is 1.77 bits per heavy atom. The van der Waals surface area contributed by atoms with Gasteiger partial charge in [0, 0.05) is 25.1 Å². The summed E-state index contributed by atoms with van der Waals surface area (Å²) < 4.78 is 18.1. The molecule has 1 amide bonds. The second-order valence-corrected chi connectivity index (χ2v) is 7.33. The number of nitrogens with zero attached hydrogens (tertiary/aromatic N) is 2. The van der Waals surface area contributed by atoms with Crippen molar-refractivity contribution in [2.45, 2.75) is 26.3 Å². The van der Waals surface area contributed by atoms with Crippen molar-refractivity contribution in [1.29, 1.82) is 0 Å². The number of carbonyl (C=O) groups is 1. The first-order valence-electron chi connectivity index (χ1n) is 10.1. The predicted octanol–water partition coefficient (Wildman–Crippen LogP) is 4.00. The standard InChI is InChI=1S/C24H29N3O4/c1-16(2)15-27-19-10-7-6-9-18(19)26-22(27)11-8-12-25-24(28)17-13-20(29-3)23(31-5)21(14-17)30-4/h6-7,9-10,13-14H,1,8,11-12,15H2,2-5H3,(H,25,28). The highest BCUT2D eigenvalue weighted by Crippen LogP contribution is 2.38. The van der Waals surface area contributed by atoms with E-state index < -0.39 is 0 Å². The number of allylic oxidation sites excluding steroid dienone is 1. The molecule has 2 aromatic carbocycles. The summed E-state index contributed by atoms with van der Waals surface area (Å²) in [5, 5.41) is 2.96. The van der Waals surface area contributed by atoms with Gasteiger partial charge in [0.05, 0.1) is 32.4 Å². The first-order chi connectivity index (χ1) is 15.0. The smallest absolute Gasteiger partial charge is 0.251 e. The van der Waals surface area contributed by atoms with E-state index in [0.29, 0.717) is 29.4 Å². The Balaban J connectivity index is 1.66. The van der Waals surface area contributed by atoms with Gasteiger partial charge in [0.1, 0.15) is 5.82 Å².